The summed E-state index contributed by atoms with van der Waals surface area (Å²) in [5.41, 5.74) is 0.780. The zero-order valence-electron chi connectivity index (χ0n) is 13.1. The maximum atomic E-state index is 14.0. The Hall–Kier alpha value is -2.21. The van der Waals surface area contributed by atoms with E-state index in [0.717, 1.165) is 4.47 Å². The number of para-hydroxylation sites is 1. The summed E-state index contributed by atoms with van der Waals surface area (Å²) in [6.45, 7) is 2.30. The van der Waals surface area contributed by atoms with E-state index in [1.807, 2.05) is 0 Å². The number of anilines is 1. The van der Waals surface area contributed by atoms with Crippen LogP contribution in [0.15, 0.2) is 53.0 Å². The second kappa shape index (κ2) is 6.73. The maximum Gasteiger partial charge on any atom is 0.254 e. The SMILES string of the molecule is C[C@H]1C(=O)N(c2ccccc2F)CCN1C(=O)c1ccc(Br)cc1. The summed E-state index contributed by atoms with van der Waals surface area (Å²) in [6, 6.07) is 12.5. The third kappa shape index (κ3) is 3.06. The van der Waals surface area contributed by atoms with Crippen LogP contribution in [0.1, 0.15) is 17.3 Å². The molecule has 1 saturated heterocycles. The number of benzene rings is 2. The Kier molecular flexibility index (Phi) is 4.66. The number of hydrogen-bond donors (Lipinski definition) is 0. The number of hydrogen-bond acceptors (Lipinski definition) is 2. The smallest absolute Gasteiger partial charge is 0.254 e. The van der Waals surface area contributed by atoms with E-state index in [4.69, 9.17) is 0 Å². The van der Waals surface area contributed by atoms with E-state index in [1.165, 1.54) is 15.9 Å². The van der Waals surface area contributed by atoms with E-state index >= 15 is 0 Å². The topological polar surface area (TPSA) is 40.6 Å². The van der Waals surface area contributed by atoms with Gasteiger partial charge in [0.2, 0.25) is 5.91 Å². The Morgan fingerprint density at radius 3 is 2.46 bits per heavy atom. The maximum absolute atomic E-state index is 14.0. The molecule has 2 aromatic rings. The van der Waals surface area contributed by atoms with Gasteiger partial charge in [0.25, 0.3) is 5.91 Å². The molecule has 124 valence electrons. The number of carbonyl (C=O) groups is 2. The molecule has 0 aromatic heterocycles. The summed E-state index contributed by atoms with van der Waals surface area (Å²) in [5.74, 6) is -0.918. The van der Waals surface area contributed by atoms with Crippen molar-refractivity contribution < 1.29 is 14.0 Å². The lowest BCUT2D eigenvalue weighted by Gasteiger charge is -2.39. The molecule has 0 saturated carbocycles. The van der Waals surface area contributed by atoms with Gasteiger partial charge in [0.05, 0.1) is 5.69 Å². The summed E-state index contributed by atoms with van der Waals surface area (Å²) >= 11 is 3.33. The van der Waals surface area contributed by atoms with Crippen LogP contribution in [-0.2, 0) is 4.79 Å². The molecule has 1 aliphatic heterocycles. The molecule has 2 amide bonds. The van der Waals surface area contributed by atoms with E-state index in [9.17, 15) is 14.0 Å². The molecule has 0 unspecified atom stereocenters. The Bertz CT molecular complexity index is 779. The van der Waals surface area contributed by atoms with Crippen molar-refractivity contribution in [1.82, 2.24) is 4.90 Å². The van der Waals surface area contributed by atoms with Crippen LogP contribution in [0.5, 0.6) is 0 Å². The van der Waals surface area contributed by atoms with Crippen LogP contribution in [0.25, 0.3) is 0 Å². The normalized spacial score (nSPS) is 18.0. The van der Waals surface area contributed by atoms with Gasteiger partial charge >= 0.3 is 0 Å². The zero-order chi connectivity index (χ0) is 17.3. The summed E-state index contributed by atoms with van der Waals surface area (Å²) in [5, 5.41) is 0. The molecule has 1 heterocycles. The Morgan fingerprint density at radius 1 is 1.12 bits per heavy atom. The zero-order valence-corrected chi connectivity index (χ0v) is 14.7. The number of carbonyl (C=O) groups excluding carboxylic acids is 2. The third-order valence-corrected chi connectivity index (χ3v) is 4.68. The highest BCUT2D eigenvalue weighted by molar-refractivity contribution is 9.10. The van der Waals surface area contributed by atoms with Crippen molar-refractivity contribution in [1.29, 1.82) is 0 Å². The first-order chi connectivity index (χ1) is 11.5. The van der Waals surface area contributed by atoms with Crippen LogP contribution in [0.3, 0.4) is 0 Å². The first-order valence-electron chi connectivity index (χ1n) is 7.61. The molecule has 0 aliphatic carbocycles. The van der Waals surface area contributed by atoms with Crippen LogP contribution in [0.2, 0.25) is 0 Å². The van der Waals surface area contributed by atoms with Crippen molar-refractivity contribution in [3.63, 3.8) is 0 Å². The molecule has 4 nitrogen and oxygen atoms in total. The van der Waals surface area contributed by atoms with Crippen LogP contribution in [0.4, 0.5) is 10.1 Å². The molecule has 0 N–H and O–H groups in total. The molecule has 0 bridgehead atoms. The molecule has 24 heavy (non-hydrogen) atoms. The average Bonchev–Trinajstić information content (AvgIpc) is 2.58. The van der Waals surface area contributed by atoms with Gasteiger partial charge in [0.1, 0.15) is 11.9 Å². The van der Waals surface area contributed by atoms with Crippen molar-refractivity contribution in [3.05, 3.63) is 64.4 Å². The van der Waals surface area contributed by atoms with Gasteiger partial charge in [-0.25, -0.2) is 4.39 Å². The highest BCUT2D eigenvalue weighted by atomic mass is 79.9. The highest BCUT2D eigenvalue weighted by Gasteiger charge is 2.36. The molecule has 2 aromatic carbocycles. The molecule has 1 aliphatic rings. The minimum Gasteiger partial charge on any atom is -0.325 e. The van der Waals surface area contributed by atoms with Crippen LogP contribution in [0, 0.1) is 5.82 Å². The second-order valence-electron chi connectivity index (χ2n) is 5.62. The van der Waals surface area contributed by atoms with Crippen LogP contribution >= 0.6 is 15.9 Å². The quantitative estimate of drug-likeness (QED) is 0.787. The van der Waals surface area contributed by atoms with Gasteiger partial charge in [0.15, 0.2) is 0 Å². The van der Waals surface area contributed by atoms with Crippen LogP contribution < -0.4 is 4.90 Å². The lowest BCUT2D eigenvalue weighted by molar-refractivity contribution is -0.124. The first-order valence-corrected chi connectivity index (χ1v) is 8.41. The highest BCUT2D eigenvalue weighted by Crippen LogP contribution is 2.24. The Labute approximate surface area is 148 Å². The molecule has 1 atom stereocenters. The van der Waals surface area contributed by atoms with E-state index in [1.54, 1.807) is 49.4 Å². The van der Waals surface area contributed by atoms with Gasteiger partial charge in [-0.15, -0.1) is 0 Å². The lowest BCUT2D eigenvalue weighted by atomic mass is 10.1. The van der Waals surface area contributed by atoms with Crippen LogP contribution in [-0.4, -0.2) is 35.8 Å². The van der Waals surface area contributed by atoms with E-state index in [0.29, 0.717) is 12.1 Å². The lowest BCUT2D eigenvalue weighted by Crippen LogP contribution is -2.58. The van der Waals surface area contributed by atoms with Crippen molar-refractivity contribution in [2.24, 2.45) is 0 Å². The van der Waals surface area contributed by atoms with Gasteiger partial charge in [-0.1, -0.05) is 28.1 Å². The van der Waals surface area contributed by atoms with Gasteiger partial charge in [-0.05, 0) is 43.3 Å². The van der Waals surface area contributed by atoms with E-state index in [-0.39, 0.29) is 24.0 Å². The van der Waals surface area contributed by atoms with Gasteiger partial charge in [0, 0.05) is 23.1 Å². The molecular formula is C18H16BrFN2O2. The number of piperazine rings is 1. The molecule has 1 fully saturated rings. The molecule has 3 rings (SSSR count). The van der Waals surface area contributed by atoms with Crippen molar-refractivity contribution in [2.45, 2.75) is 13.0 Å². The predicted octanol–water partition coefficient (Wildman–Crippen LogP) is 3.47. The summed E-state index contributed by atoms with van der Waals surface area (Å²) in [6.07, 6.45) is 0. The van der Waals surface area contributed by atoms with Crippen molar-refractivity contribution in [2.75, 3.05) is 18.0 Å². The van der Waals surface area contributed by atoms with Crippen molar-refractivity contribution in [3.8, 4) is 0 Å². The van der Waals surface area contributed by atoms with Gasteiger partial charge in [-0.2, -0.15) is 0 Å². The van der Waals surface area contributed by atoms with Crippen molar-refractivity contribution >= 4 is 33.4 Å². The molecule has 0 radical (unpaired) electrons. The van der Waals surface area contributed by atoms with Gasteiger partial charge in [-0.3, -0.25) is 9.59 Å². The first kappa shape index (κ1) is 16.6. The minimum atomic E-state index is -0.644. The number of rotatable bonds is 2. The van der Waals surface area contributed by atoms with E-state index < -0.39 is 11.9 Å². The summed E-state index contributed by atoms with van der Waals surface area (Å²) in [4.78, 5) is 28.2. The second-order valence-corrected chi connectivity index (χ2v) is 6.54. The third-order valence-electron chi connectivity index (χ3n) is 4.15. The monoisotopic (exact) mass is 390 g/mol. The van der Waals surface area contributed by atoms with E-state index in [2.05, 4.69) is 15.9 Å². The largest absolute Gasteiger partial charge is 0.325 e. The average molecular weight is 391 g/mol. The summed E-state index contributed by atoms with van der Waals surface area (Å²) < 4.78 is 14.8. The Morgan fingerprint density at radius 2 is 1.79 bits per heavy atom. The molecule has 6 heteroatoms. The minimum absolute atomic E-state index is 0.198. The standard InChI is InChI=1S/C18H16BrFN2O2/c1-12-17(23)22(16-5-3-2-4-15(16)20)11-10-21(12)18(24)13-6-8-14(19)9-7-13/h2-9,12H,10-11H2,1H3/t12-/m0/s1. The fraction of sp³-hybridized carbons (Fsp3) is 0.222. The number of nitrogens with zero attached hydrogens (tertiary/aromatic N) is 2. The predicted molar refractivity (Wildman–Crippen MR) is 93.4 cm³/mol. The Balaban J connectivity index is 1.81. The fourth-order valence-corrected chi connectivity index (χ4v) is 3.08. The summed E-state index contributed by atoms with van der Waals surface area (Å²) in [7, 11) is 0. The number of amides is 2. The van der Waals surface area contributed by atoms with Gasteiger partial charge < -0.3 is 9.80 Å². The number of halogens is 2. The fourth-order valence-electron chi connectivity index (χ4n) is 2.82. The molecular weight excluding hydrogens is 375 g/mol. The molecule has 0 spiro atoms.